The number of nitrogens with one attached hydrogen (secondary N) is 1. The predicted molar refractivity (Wildman–Crippen MR) is 67.7 cm³/mol. The van der Waals surface area contributed by atoms with Crippen molar-refractivity contribution in [2.45, 2.75) is 0 Å². The molecular weight excluding hydrogens is 282 g/mol. The number of likely N-dealkylation sites (tertiary alicyclic amines) is 1. The molecule has 0 aromatic carbocycles. The Balaban J connectivity index is 1.75. The molecule has 2 saturated heterocycles. The minimum atomic E-state index is 0.105. The Morgan fingerprint density at radius 2 is 2.06 bits per heavy atom. The van der Waals surface area contributed by atoms with E-state index >= 15 is 0 Å². The summed E-state index contributed by atoms with van der Waals surface area (Å²) in [6.45, 7) is 3.85. The summed E-state index contributed by atoms with van der Waals surface area (Å²) in [6, 6.07) is 1.84. The lowest BCUT2D eigenvalue weighted by Crippen LogP contribution is -2.31. The zero-order chi connectivity index (χ0) is 11.8. The number of aromatic nitrogens is 1. The van der Waals surface area contributed by atoms with Crippen LogP contribution in [0.15, 0.2) is 22.9 Å². The van der Waals surface area contributed by atoms with Gasteiger partial charge in [-0.25, -0.2) is 0 Å². The third-order valence-corrected chi connectivity index (χ3v) is 4.06. The van der Waals surface area contributed by atoms with E-state index in [4.69, 9.17) is 0 Å². The quantitative estimate of drug-likeness (QED) is 0.845. The highest BCUT2D eigenvalue weighted by molar-refractivity contribution is 9.10. The maximum absolute atomic E-state index is 12.3. The number of nitrogens with zero attached hydrogens (tertiary/aromatic N) is 2. The molecule has 0 spiro atoms. The summed E-state index contributed by atoms with van der Waals surface area (Å²) in [5, 5.41) is 3.37. The highest BCUT2D eigenvalue weighted by Crippen LogP contribution is 2.27. The molecule has 2 atom stereocenters. The lowest BCUT2D eigenvalue weighted by Gasteiger charge is -2.17. The molecule has 90 valence electrons. The number of pyridine rings is 1. The third kappa shape index (κ3) is 2.09. The van der Waals surface area contributed by atoms with Gasteiger partial charge in [0.25, 0.3) is 5.91 Å². The molecule has 17 heavy (non-hydrogen) atoms. The van der Waals surface area contributed by atoms with Crippen LogP contribution in [0.25, 0.3) is 0 Å². The highest BCUT2D eigenvalue weighted by atomic mass is 79.9. The molecule has 4 nitrogen and oxygen atoms in total. The highest BCUT2D eigenvalue weighted by Gasteiger charge is 2.38. The van der Waals surface area contributed by atoms with Gasteiger partial charge in [0.2, 0.25) is 0 Å². The van der Waals surface area contributed by atoms with E-state index in [2.05, 4.69) is 26.2 Å². The van der Waals surface area contributed by atoms with Crippen LogP contribution >= 0.6 is 15.9 Å². The molecule has 1 N–H and O–H groups in total. The lowest BCUT2D eigenvalue weighted by molar-refractivity contribution is 0.0781. The first-order valence-electron chi connectivity index (χ1n) is 5.84. The molecule has 0 aliphatic carbocycles. The average molecular weight is 296 g/mol. The zero-order valence-corrected chi connectivity index (χ0v) is 11.0. The Morgan fingerprint density at radius 1 is 1.35 bits per heavy atom. The maximum atomic E-state index is 12.3. The molecule has 0 saturated carbocycles. The minimum Gasteiger partial charge on any atom is -0.338 e. The normalized spacial score (nSPS) is 27.2. The van der Waals surface area contributed by atoms with Gasteiger partial charge in [-0.2, -0.15) is 0 Å². The molecule has 1 amide bonds. The van der Waals surface area contributed by atoms with E-state index in [1.54, 1.807) is 12.4 Å². The van der Waals surface area contributed by atoms with E-state index < -0.39 is 0 Å². The molecule has 3 rings (SSSR count). The Kier molecular flexibility index (Phi) is 2.88. The summed E-state index contributed by atoms with van der Waals surface area (Å²) >= 11 is 3.34. The molecule has 5 heteroatoms. The van der Waals surface area contributed by atoms with Crippen LogP contribution in [0.2, 0.25) is 0 Å². The first kappa shape index (κ1) is 11.2. The van der Waals surface area contributed by atoms with Crippen molar-refractivity contribution in [3.63, 3.8) is 0 Å². The second kappa shape index (κ2) is 4.38. The third-order valence-electron chi connectivity index (χ3n) is 3.63. The summed E-state index contributed by atoms with van der Waals surface area (Å²) in [5.74, 6) is 1.38. The summed E-state index contributed by atoms with van der Waals surface area (Å²) in [4.78, 5) is 18.3. The number of carbonyl (C=O) groups excluding carboxylic acids is 1. The van der Waals surface area contributed by atoms with Crippen molar-refractivity contribution in [1.29, 1.82) is 0 Å². The van der Waals surface area contributed by atoms with Gasteiger partial charge in [0.05, 0.1) is 5.56 Å². The van der Waals surface area contributed by atoms with Crippen molar-refractivity contribution in [3.8, 4) is 0 Å². The lowest BCUT2D eigenvalue weighted by atomic mass is 10.0. The van der Waals surface area contributed by atoms with Crippen molar-refractivity contribution in [2.75, 3.05) is 26.2 Å². The predicted octanol–water partition coefficient (Wildman–Crippen LogP) is 1.14. The second-order valence-corrected chi connectivity index (χ2v) is 5.70. The van der Waals surface area contributed by atoms with Crippen LogP contribution in [0.3, 0.4) is 0 Å². The van der Waals surface area contributed by atoms with Crippen molar-refractivity contribution >= 4 is 21.8 Å². The van der Waals surface area contributed by atoms with Gasteiger partial charge in [0.15, 0.2) is 0 Å². The SMILES string of the molecule is O=C(c1cncc(Br)c1)N1C[C@H]2CNC[C@H]2C1. The van der Waals surface area contributed by atoms with Gasteiger partial charge in [-0.15, -0.1) is 0 Å². The van der Waals surface area contributed by atoms with Crippen molar-refractivity contribution in [3.05, 3.63) is 28.5 Å². The van der Waals surface area contributed by atoms with E-state index in [9.17, 15) is 4.79 Å². The summed E-state index contributed by atoms with van der Waals surface area (Å²) in [6.07, 6.45) is 3.33. The van der Waals surface area contributed by atoms with Gasteiger partial charge in [-0.05, 0) is 33.8 Å². The Bertz CT molecular complexity index is 439. The molecular formula is C12H14BrN3O. The van der Waals surface area contributed by atoms with Gasteiger partial charge in [0.1, 0.15) is 0 Å². The van der Waals surface area contributed by atoms with E-state index in [0.29, 0.717) is 17.4 Å². The van der Waals surface area contributed by atoms with Crippen LogP contribution in [-0.4, -0.2) is 42.0 Å². The standard InChI is InChI=1S/C12H14BrN3O/c13-11-1-8(2-15-5-11)12(17)16-6-9-3-14-4-10(9)7-16/h1-2,5,9-10,14H,3-4,6-7H2/t9-,10+. The number of fused-ring (bicyclic) bond motifs is 1. The Hall–Kier alpha value is -0.940. The fraction of sp³-hybridized carbons (Fsp3) is 0.500. The molecule has 0 unspecified atom stereocenters. The Labute approximate surface area is 109 Å². The average Bonchev–Trinajstić information content (AvgIpc) is 2.88. The van der Waals surface area contributed by atoms with Gasteiger partial charge in [0, 0.05) is 43.0 Å². The topological polar surface area (TPSA) is 45.2 Å². The van der Waals surface area contributed by atoms with Crippen molar-refractivity contribution < 1.29 is 4.79 Å². The number of rotatable bonds is 1. The fourth-order valence-electron chi connectivity index (χ4n) is 2.73. The van der Waals surface area contributed by atoms with Gasteiger partial charge in [-0.1, -0.05) is 0 Å². The van der Waals surface area contributed by atoms with Crippen molar-refractivity contribution in [1.82, 2.24) is 15.2 Å². The number of amides is 1. The molecule has 0 bridgehead atoms. The van der Waals surface area contributed by atoms with E-state index in [1.807, 2.05) is 11.0 Å². The number of hydrogen-bond acceptors (Lipinski definition) is 3. The molecule has 1 aromatic rings. The van der Waals surface area contributed by atoms with Crippen LogP contribution in [0.4, 0.5) is 0 Å². The molecule has 3 heterocycles. The van der Waals surface area contributed by atoms with E-state index in [0.717, 1.165) is 30.7 Å². The molecule has 2 aliphatic heterocycles. The minimum absolute atomic E-state index is 0.105. The van der Waals surface area contributed by atoms with Crippen LogP contribution in [0.1, 0.15) is 10.4 Å². The van der Waals surface area contributed by atoms with Gasteiger partial charge in [-0.3, -0.25) is 9.78 Å². The van der Waals surface area contributed by atoms with Gasteiger partial charge >= 0.3 is 0 Å². The van der Waals surface area contributed by atoms with Crippen molar-refractivity contribution in [2.24, 2.45) is 11.8 Å². The van der Waals surface area contributed by atoms with E-state index in [-0.39, 0.29) is 5.91 Å². The molecule has 1 aromatic heterocycles. The summed E-state index contributed by atoms with van der Waals surface area (Å²) in [7, 11) is 0. The van der Waals surface area contributed by atoms with E-state index in [1.165, 1.54) is 0 Å². The second-order valence-electron chi connectivity index (χ2n) is 4.78. The van der Waals surface area contributed by atoms with Crippen LogP contribution in [-0.2, 0) is 0 Å². The summed E-state index contributed by atoms with van der Waals surface area (Å²) in [5.41, 5.74) is 0.673. The zero-order valence-electron chi connectivity index (χ0n) is 9.40. The maximum Gasteiger partial charge on any atom is 0.255 e. The number of hydrogen-bond donors (Lipinski definition) is 1. The smallest absolute Gasteiger partial charge is 0.255 e. The number of halogens is 1. The monoisotopic (exact) mass is 295 g/mol. The first-order chi connectivity index (χ1) is 8.24. The fourth-order valence-corrected chi connectivity index (χ4v) is 3.10. The summed E-state index contributed by atoms with van der Waals surface area (Å²) < 4.78 is 0.851. The molecule has 0 radical (unpaired) electrons. The molecule has 2 aliphatic rings. The van der Waals surface area contributed by atoms with Crippen LogP contribution in [0, 0.1) is 11.8 Å². The van der Waals surface area contributed by atoms with Crippen LogP contribution in [0.5, 0.6) is 0 Å². The number of carbonyl (C=O) groups is 1. The Morgan fingerprint density at radius 3 is 2.71 bits per heavy atom. The van der Waals surface area contributed by atoms with Crippen LogP contribution < -0.4 is 5.32 Å². The van der Waals surface area contributed by atoms with Gasteiger partial charge < -0.3 is 10.2 Å². The molecule has 2 fully saturated rings. The largest absolute Gasteiger partial charge is 0.338 e. The first-order valence-corrected chi connectivity index (χ1v) is 6.64.